The SMILES string of the molecule is CCNS(=O)(=O)c1ccc(CCC(=O)N(Cc2ccc(F)cc2)C(C(=O)NCC2CCCO2)c2ccccc2)cc1. The second-order valence-corrected chi connectivity index (χ2v) is 11.8. The van der Waals surface area contributed by atoms with Gasteiger partial charge in [-0.25, -0.2) is 17.5 Å². The van der Waals surface area contributed by atoms with Gasteiger partial charge in [0.25, 0.3) is 0 Å². The van der Waals surface area contributed by atoms with E-state index in [0.717, 1.165) is 18.4 Å². The lowest BCUT2D eigenvalue weighted by Gasteiger charge is -2.32. The molecule has 0 aliphatic carbocycles. The number of carbonyl (C=O) groups excluding carboxylic acids is 2. The fraction of sp³-hybridized carbons (Fsp3) is 0.355. The Morgan fingerprint density at radius 1 is 1.00 bits per heavy atom. The summed E-state index contributed by atoms with van der Waals surface area (Å²) in [5, 5.41) is 2.98. The standard InChI is InChI=1S/C31H36FN3O5S/c1-2-34-41(38,39)28-17-12-23(13-18-28)14-19-29(36)35(22-24-10-15-26(32)16-11-24)30(25-7-4-3-5-8-25)31(37)33-21-27-9-6-20-40-27/h3-5,7-8,10-13,15-18,27,30,34H,2,6,9,14,19-22H2,1H3,(H,33,37). The van der Waals surface area contributed by atoms with Crippen molar-refractivity contribution in [2.75, 3.05) is 19.7 Å². The van der Waals surface area contributed by atoms with Gasteiger partial charge in [0.2, 0.25) is 21.8 Å². The van der Waals surface area contributed by atoms with E-state index in [9.17, 15) is 22.4 Å². The summed E-state index contributed by atoms with van der Waals surface area (Å²) in [7, 11) is -3.58. The normalized spacial score (nSPS) is 15.8. The molecule has 1 fully saturated rings. The molecule has 8 nitrogen and oxygen atoms in total. The zero-order chi connectivity index (χ0) is 29.2. The third-order valence-electron chi connectivity index (χ3n) is 6.99. The zero-order valence-corrected chi connectivity index (χ0v) is 23.9. The first-order chi connectivity index (χ1) is 19.8. The Morgan fingerprint density at radius 3 is 2.32 bits per heavy atom. The van der Waals surface area contributed by atoms with E-state index < -0.39 is 16.1 Å². The van der Waals surface area contributed by atoms with Crippen LogP contribution in [-0.2, 0) is 37.3 Å². The number of aryl methyl sites for hydroxylation is 1. The predicted octanol–water partition coefficient (Wildman–Crippen LogP) is 4.12. The molecule has 1 heterocycles. The van der Waals surface area contributed by atoms with Crippen molar-refractivity contribution < 1.29 is 27.1 Å². The minimum Gasteiger partial charge on any atom is -0.376 e. The highest BCUT2D eigenvalue weighted by molar-refractivity contribution is 7.89. The Kier molecular flexibility index (Phi) is 10.6. The number of benzene rings is 3. The Labute approximate surface area is 241 Å². The molecule has 2 N–H and O–H groups in total. The van der Waals surface area contributed by atoms with Crippen molar-refractivity contribution in [3.63, 3.8) is 0 Å². The highest BCUT2D eigenvalue weighted by Gasteiger charge is 2.32. The van der Waals surface area contributed by atoms with Gasteiger partial charge >= 0.3 is 0 Å². The van der Waals surface area contributed by atoms with Gasteiger partial charge in [-0.1, -0.05) is 61.5 Å². The number of sulfonamides is 1. The van der Waals surface area contributed by atoms with Gasteiger partial charge in [0.05, 0.1) is 11.0 Å². The van der Waals surface area contributed by atoms with Crippen LogP contribution >= 0.6 is 0 Å². The van der Waals surface area contributed by atoms with E-state index in [-0.39, 0.29) is 48.1 Å². The third-order valence-corrected chi connectivity index (χ3v) is 8.55. The Morgan fingerprint density at radius 2 is 1.68 bits per heavy atom. The minimum absolute atomic E-state index is 0.0593. The number of hydrogen-bond acceptors (Lipinski definition) is 5. The van der Waals surface area contributed by atoms with E-state index in [1.165, 1.54) is 29.2 Å². The number of halogens is 1. The molecule has 0 spiro atoms. The van der Waals surface area contributed by atoms with Crippen LogP contribution in [0.4, 0.5) is 4.39 Å². The van der Waals surface area contributed by atoms with E-state index >= 15 is 0 Å². The van der Waals surface area contributed by atoms with Crippen LogP contribution < -0.4 is 10.0 Å². The summed E-state index contributed by atoms with van der Waals surface area (Å²) in [5.74, 6) is -0.972. The first kappa shape index (κ1) is 30.4. The first-order valence-corrected chi connectivity index (χ1v) is 15.3. The van der Waals surface area contributed by atoms with Crippen LogP contribution in [0, 0.1) is 5.82 Å². The van der Waals surface area contributed by atoms with E-state index in [0.29, 0.717) is 30.7 Å². The van der Waals surface area contributed by atoms with E-state index in [2.05, 4.69) is 10.0 Å². The predicted molar refractivity (Wildman–Crippen MR) is 154 cm³/mol. The van der Waals surface area contributed by atoms with E-state index in [4.69, 9.17) is 4.74 Å². The molecule has 0 bridgehead atoms. The molecule has 3 aromatic carbocycles. The molecule has 0 radical (unpaired) electrons. The smallest absolute Gasteiger partial charge is 0.247 e. The van der Waals surface area contributed by atoms with E-state index in [1.54, 1.807) is 31.2 Å². The molecular weight excluding hydrogens is 545 g/mol. The lowest BCUT2D eigenvalue weighted by atomic mass is 10.0. The summed E-state index contributed by atoms with van der Waals surface area (Å²) in [6.07, 6.45) is 2.18. The molecule has 2 unspecified atom stereocenters. The number of ether oxygens (including phenoxy) is 1. The lowest BCUT2D eigenvalue weighted by molar-refractivity contribution is -0.141. The van der Waals surface area contributed by atoms with Crippen molar-refractivity contribution in [1.82, 2.24) is 14.9 Å². The summed E-state index contributed by atoms with van der Waals surface area (Å²) in [6, 6.07) is 20.4. The summed E-state index contributed by atoms with van der Waals surface area (Å²) < 4.78 is 46.3. The van der Waals surface area contributed by atoms with Gasteiger partial charge < -0.3 is 15.0 Å². The monoisotopic (exact) mass is 581 g/mol. The molecule has 218 valence electrons. The molecule has 1 aliphatic rings. The van der Waals surface area contributed by atoms with Crippen molar-refractivity contribution in [3.05, 3.63) is 101 Å². The van der Waals surface area contributed by atoms with E-state index in [1.807, 2.05) is 30.3 Å². The molecule has 4 rings (SSSR count). The van der Waals surface area contributed by atoms with Gasteiger partial charge in [-0.05, 0) is 60.2 Å². The molecule has 0 aromatic heterocycles. The number of hydrogen-bond donors (Lipinski definition) is 2. The second kappa shape index (κ2) is 14.3. The van der Waals surface area contributed by atoms with Gasteiger partial charge in [0, 0.05) is 32.7 Å². The molecule has 41 heavy (non-hydrogen) atoms. The average molecular weight is 582 g/mol. The second-order valence-electron chi connectivity index (χ2n) is 9.99. The topological polar surface area (TPSA) is 105 Å². The molecule has 3 aromatic rings. The summed E-state index contributed by atoms with van der Waals surface area (Å²) in [4.78, 5) is 29.2. The number of rotatable bonds is 13. The summed E-state index contributed by atoms with van der Waals surface area (Å²) >= 11 is 0. The van der Waals surface area contributed by atoms with Crippen molar-refractivity contribution in [3.8, 4) is 0 Å². The molecular formula is C31H36FN3O5S. The van der Waals surface area contributed by atoms with Crippen molar-refractivity contribution in [2.45, 2.75) is 56.2 Å². The highest BCUT2D eigenvalue weighted by Crippen LogP contribution is 2.26. The van der Waals surface area contributed by atoms with Crippen LogP contribution in [-0.4, -0.2) is 50.9 Å². The van der Waals surface area contributed by atoms with Gasteiger partial charge in [0.1, 0.15) is 11.9 Å². The van der Waals surface area contributed by atoms with Crippen LogP contribution in [0.1, 0.15) is 48.9 Å². The molecule has 1 saturated heterocycles. The molecule has 10 heteroatoms. The third kappa shape index (κ3) is 8.45. The minimum atomic E-state index is -3.58. The van der Waals surface area contributed by atoms with Gasteiger partial charge in [-0.2, -0.15) is 0 Å². The number of amides is 2. The molecule has 2 amide bonds. The van der Waals surface area contributed by atoms with Crippen LogP contribution in [0.3, 0.4) is 0 Å². The Hall–Kier alpha value is -3.60. The fourth-order valence-corrected chi connectivity index (χ4v) is 5.88. The Bertz CT molecular complexity index is 1390. The summed E-state index contributed by atoms with van der Waals surface area (Å²) in [6.45, 7) is 3.11. The van der Waals surface area contributed by atoms with Gasteiger partial charge in [0.15, 0.2) is 0 Å². The van der Waals surface area contributed by atoms with Crippen LogP contribution in [0.2, 0.25) is 0 Å². The quantitative estimate of drug-likeness (QED) is 0.316. The summed E-state index contributed by atoms with van der Waals surface area (Å²) in [5.41, 5.74) is 2.13. The molecule has 0 saturated carbocycles. The van der Waals surface area contributed by atoms with Crippen molar-refractivity contribution >= 4 is 21.8 Å². The van der Waals surface area contributed by atoms with Crippen molar-refractivity contribution in [2.24, 2.45) is 0 Å². The fourth-order valence-electron chi connectivity index (χ4n) is 4.84. The number of nitrogens with zero attached hydrogens (tertiary/aromatic N) is 1. The maximum atomic E-state index is 13.8. The first-order valence-electron chi connectivity index (χ1n) is 13.8. The van der Waals surface area contributed by atoms with Crippen LogP contribution in [0.25, 0.3) is 0 Å². The highest BCUT2D eigenvalue weighted by atomic mass is 32.2. The van der Waals surface area contributed by atoms with Crippen LogP contribution in [0.15, 0.2) is 83.8 Å². The largest absolute Gasteiger partial charge is 0.376 e. The zero-order valence-electron chi connectivity index (χ0n) is 23.1. The van der Waals surface area contributed by atoms with Crippen molar-refractivity contribution in [1.29, 1.82) is 0 Å². The van der Waals surface area contributed by atoms with Crippen LogP contribution in [0.5, 0.6) is 0 Å². The average Bonchev–Trinajstić information content (AvgIpc) is 3.50. The van der Waals surface area contributed by atoms with Gasteiger partial charge in [-0.15, -0.1) is 0 Å². The molecule has 1 aliphatic heterocycles. The maximum absolute atomic E-state index is 13.8. The Balaban J connectivity index is 1.57. The number of nitrogens with one attached hydrogen (secondary N) is 2. The lowest BCUT2D eigenvalue weighted by Crippen LogP contribution is -2.45. The maximum Gasteiger partial charge on any atom is 0.247 e. The van der Waals surface area contributed by atoms with Gasteiger partial charge in [-0.3, -0.25) is 9.59 Å². The molecule has 2 atom stereocenters. The number of carbonyl (C=O) groups is 2.